The minimum Gasteiger partial charge on any atom is -0.492 e. The van der Waals surface area contributed by atoms with Crippen LogP contribution in [0.2, 0.25) is 15.1 Å². The van der Waals surface area contributed by atoms with E-state index >= 15 is 0 Å². The molecule has 0 aliphatic carbocycles. The largest absolute Gasteiger partial charge is 0.492 e. The van der Waals surface area contributed by atoms with Gasteiger partial charge >= 0.3 is 0 Å². The van der Waals surface area contributed by atoms with E-state index in [2.05, 4.69) is 4.90 Å². The van der Waals surface area contributed by atoms with Gasteiger partial charge < -0.3 is 4.74 Å². The summed E-state index contributed by atoms with van der Waals surface area (Å²) in [6.07, 6.45) is 0. The summed E-state index contributed by atoms with van der Waals surface area (Å²) in [6, 6.07) is 11.6. The Balaban J connectivity index is 1.50. The average Bonchev–Trinajstić information content (AvgIpc) is 2.66. The van der Waals surface area contributed by atoms with Crippen LogP contribution in [0.25, 0.3) is 0 Å². The topological polar surface area (TPSA) is 49.9 Å². The van der Waals surface area contributed by atoms with Gasteiger partial charge in [0.2, 0.25) is 10.0 Å². The summed E-state index contributed by atoms with van der Waals surface area (Å²) in [5, 5.41) is 1.23. The summed E-state index contributed by atoms with van der Waals surface area (Å²) in [6.45, 7) is 3.38. The van der Waals surface area contributed by atoms with Crippen LogP contribution in [0.3, 0.4) is 0 Å². The predicted octanol–water partition coefficient (Wildman–Crippen LogP) is 4.03. The number of hydrogen-bond acceptors (Lipinski definition) is 4. The molecule has 0 radical (unpaired) electrons. The van der Waals surface area contributed by atoms with Crippen LogP contribution in [0.1, 0.15) is 0 Å². The van der Waals surface area contributed by atoms with Crippen molar-refractivity contribution in [2.45, 2.75) is 4.90 Å². The number of ether oxygens (including phenoxy) is 1. The maximum atomic E-state index is 12.8. The van der Waals surface area contributed by atoms with Crippen molar-refractivity contribution in [1.82, 2.24) is 9.21 Å². The lowest BCUT2D eigenvalue weighted by Gasteiger charge is -2.33. The van der Waals surface area contributed by atoms with Crippen LogP contribution >= 0.6 is 34.8 Å². The Morgan fingerprint density at radius 2 is 1.56 bits per heavy atom. The van der Waals surface area contributed by atoms with Crippen molar-refractivity contribution in [3.05, 3.63) is 57.5 Å². The Morgan fingerprint density at radius 3 is 2.19 bits per heavy atom. The first-order valence-corrected chi connectivity index (χ1v) is 11.0. The molecule has 1 fully saturated rings. The van der Waals surface area contributed by atoms with Crippen LogP contribution < -0.4 is 4.74 Å². The molecule has 3 rings (SSSR count). The SMILES string of the molecule is O=S(=O)(c1ccc(Cl)c(Cl)c1)N1CCN(CCOc2ccc(Cl)cc2)CC1. The molecule has 0 saturated carbocycles. The minimum atomic E-state index is -3.57. The Kier molecular flexibility index (Phi) is 6.89. The monoisotopic (exact) mass is 448 g/mol. The molecule has 1 aliphatic heterocycles. The van der Waals surface area contributed by atoms with Gasteiger partial charge in [-0.15, -0.1) is 0 Å². The van der Waals surface area contributed by atoms with E-state index in [4.69, 9.17) is 39.5 Å². The Hall–Kier alpha value is -1.02. The first-order chi connectivity index (χ1) is 12.9. The van der Waals surface area contributed by atoms with Crippen molar-refractivity contribution >= 4 is 44.8 Å². The molecule has 1 heterocycles. The standard InChI is InChI=1S/C18H19Cl3N2O3S/c19-14-1-3-15(4-2-14)26-12-11-22-7-9-23(10-8-22)27(24,25)16-5-6-17(20)18(21)13-16/h1-6,13H,7-12H2. The van der Waals surface area contributed by atoms with Crippen LogP contribution in [0.15, 0.2) is 47.4 Å². The van der Waals surface area contributed by atoms with Crippen LogP contribution in [0.4, 0.5) is 0 Å². The third-order valence-corrected chi connectivity index (χ3v) is 7.24. The molecule has 0 bridgehead atoms. The fraction of sp³-hybridized carbons (Fsp3) is 0.333. The number of piperazine rings is 1. The van der Waals surface area contributed by atoms with E-state index in [0.29, 0.717) is 42.8 Å². The van der Waals surface area contributed by atoms with E-state index in [1.54, 1.807) is 12.1 Å². The number of halogens is 3. The molecular weight excluding hydrogens is 431 g/mol. The molecule has 2 aromatic rings. The van der Waals surface area contributed by atoms with Gasteiger partial charge in [-0.25, -0.2) is 8.42 Å². The van der Waals surface area contributed by atoms with E-state index < -0.39 is 10.0 Å². The lowest BCUT2D eigenvalue weighted by molar-refractivity contribution is 0.159. The minimum absolute atomic E-state index is 0.163. The number of hydrogen-bond donors (Lipinski definition) is 0. The Labute approximate surface area is 174 Å². The fourth-order valence-electron chi connectivity index (χ4n) is 2.80. The lowest BCUT2D eigenvalue weighted by atomic mass is 10.3. The third-order valence-electron chi connectivity index (χ3n) is 4.35. The molecular formula is C18H19Cl3N2O3S. The van der Waals surface area contributed by atoms with Crippen molar-refractivity contribution in [1.29, 1.82) is 0 Å². The lowest BCUT2D eigenvalue weighted by Crippen LogP contribution is -2.49. The summed E-state index contributed by atoms with van der Waals surface area (Å²) in [7, 11) is -3.57. The second-order valence-electron chi connectivity index (χ2n) is 6.12. The van der Waals surface area contributed by atoms with E-state index in [1.165, 1.54) is 22.5 Å². The molecule has 27 heavy (non-hydrogen) atoms. The van der Waals surface area contributed by atoms with Gasteiger partial charge in [-0.2, -0.15) is 4.31 Å². The van der Waals surface area contributed by atoms with Gasteiger partial charge in [-0.3, -0.25) is 4.90 Å². The number of rotatable bonds is 6. The predicted molar refractivity (Wildman–Crippen MR) is 109 cm³/mol. The molecule has 5 nitrogen and oxygen atoms in total. The van der Waals surface area contributed by atoms with E-state index in [-0.39, 0.29) is 9.92 Å². The second-order valence-corrected chi connectivity index (χ2v) is 9.31. The molecule has 0 spiro atoms. The Morgan fingerprint density at radius 1 is 0.889 bits per heavy atom. The highest BCUT2D eigenvalue weighted by molar-refractivity contribution is 7.89. The van der Waals surface area contributed by atoms with Gasteiger partial charge in [0.25, 0.3) is 0 Å². The highest BCUT2D eigenvalue weighted by Gasteiger charge is 2.28. The van der Waals surface area contributed by atoms with Crippen molar-refractivity contribution in [2.75, 3.05) is 39.3 Å². The van der Waals surface area contributed by atoms with Crippen molar-refractivity contribution in [3.63, 3.8) is 0 Å². The number of nitrogens with zero attached hydrogens (tertiary/aromatic N) is 2. The Bertz CT molecular complexity index is 883. The highest BCUT2D eigenvalue weighted by Crippen LogP contribution is 2.27. The first kappa shape index (κ1) is 20.7. The molecule has 1 aliphatic rings. The summed E-state index contributed by atoms with van der Waals surface area (Å²) in [5.41, 5.74) is 0. The zero-order valence-electron chi connectivity index (χ0n) is 14.4. The molecule has 1 saturated heterocycles. The van der Waals surface area contributed by atoms with E-state index in [1.807, 2.05) is 12.1 Å². The maximum absolute atomic E-state index is 12.8. The smallest absolute Gasteiger partial charge is 0.243 e. The van der Waals surface area contributed by atoms with Gasteiger partial charge in [0.15, 0.2) is 0 Å². The van der Waals surface area contributed by atoms with Gasteiger partial charge in [0, 0.05) is 37.7 Å². The molecule has 0 N–H and O–H groups in total. The zero-order chi connectivity index (χ0) is 19.4. The molecule has 9 heteroatoms. The molecule has 146 valence electrons. The maximum Gasteiger partial charge on any atom is 0.243 e. The molecule has 0 atom stereocenters. The van der Waals surface area contributed by atoms with Crippen LogP contribution in [0.5, 0.6) is 5.75 Å². The first-order valence-electron chi connectivity index (χ1n) is 8.42. The average molecular weight is 450 g/mol. The van der Waals surface area contributed by atoms with Gasteiger partial charge in [0.05, 0.1) is 14.9 Å². The van der Waals surface area contributed by atoms with E-state index in [9.17, 15) is 8.42 Å². The van der Waals surface area contributed by atoms with Crippen LogP contribution in [-0.4, -0.2) is 57.0 Å². The quantitative estimate of drug-likeness (QED) is 0.668. The summed E-state index contributed by atoms with van der Waals surface area (Å²) < 4.78 is 32.7. The van der Waals surface area contributed by atoms with Gasteiger partial charge in [-0.1, -0.05) is 34.8 Å². The fourth-order valence-corrected chi connectivity index (χ4v) is 4.74. The molecule has 0 unspecified atom stereocenters. The number of sulfonamides is 1. The van der Waals surface area contributed by atoms with Crippen molar-refractivity contribution < 1.29 is 13.2 Å². The van der Waals surface area contributed by atoms with Crippen molar-refractivity contribution in [2.24, 2.45) is 0 Å². The van der Waals surface area contributed by atoms with Gasteiger partial charge in [0.1, 0.15) is 12.4 Å². The molecule has 2 aromatic carbocycles. The summed E-state index contributed by atoms with van der Waals surface area (Å²) in [4.78, 5) is 2.34. The number of benzene rings is 2. The van der Waals surface area contributed by atoms with Crippen LogP contribution in [0, 0.1) is 0 Å². The molecule has 0 amide bonds. The third kappa shape index (κ3) is 5.28. The molecule has 0 aromatic heterocycles. The van der Waals surface area contributed by atoms with Crippen LogP contribution in [-0.2, 0) is 10.0 Å². The normalized spacial score (nSPS) is 16.4. The summed E-state index contributed by atoms with van der Waals surface area (Å²) >= 11 is 17.7. The van der Waals surface area contributed by atoms with Gasteiger partial charge in [-0.05, 0) is 42.5 Å². The summed E-state index contributed by atoms with van der Waals surface area (Å²) in [5.74, 6) is 0.764. The van der Waals surface area contributed by atoms with E-state index in [0.717, 1.165) is 12.3 Å². The second kappa shape index (κ2) is 8.99. The highest BCUT2D eigenvalue weighted by atomic mass is 35.5. The zero-order valence-corrected chi connectivity index (χ0v) is 17.5. The van der Waals surface area contributed by atoms with Crippen molar-refractivity contribution in [3.8, 4) is 5.75 Å².